The van der Waals surface area contributed by atoms with E-state index in [2.05, 4.69) is 16.9 Å². The molecule has 1 aromatic carbocycles. The smallest absolute Gasteiger partial charge is 0.410 e. The number of hydrogen-bond donors (Lipinski definition) is 1. The maximum atomic E-state index is 12.2. The van der Waals surface area contributed by atoms with Crippen LogP contribution in [0.25, 0.3) is 0 Å². The van der Waals surface area contributed by atoms with Crippen LogP contribution in [-0.4, -0.2) is 39.5 Å². The van der Waals surface area contributed by atoms with Crippen molar-refractivity contribution < 1.29 is 14.3 Å². The molecule has 0 bridgehead atoms. The molecule has 1 aliphatic heterocycles. The normalized spacial score (nSPS) is 13.0. The van der Waals surface area contributed by atoms with E-state index in [1.54, 1.807) is 17.2 Å². The van der Waals surface area contributed by atoms with Gasteiger partial charge in [-0.15, -0.1) is 6.58 Å². The molecule has 130 valence electrons. The molecule has 0 unspecified atom stereocenters. The number of nitrogens with one attached hydrogen (secondary N) is 1. The van der Waals surface area contributed by atoms with Gasteiger partial charge in [-0.2, -0.15) is 0 Å². The van der Waals surface area contributed by atoms with Crippen molar-refractivity contribution in [3.05, 3.63) is 66.3 Å². The molecule has 7 nitrogen and oxygen atoms in total. The van der Waals surface area contributed by atoms with Crippen molar-refractivity contribution in [3.63, 3.8) is 0 Å². The first-order chi connectivity index (χ1) is 12.2. The second-order valence-corrected chi connectivity index (χ2v) is 5.70. The summed E-state index contributed by atoms with van der Waals surface area (Å²) in [6.45, 7) is 5.61. The van der Waals surface area contributed by atoms with Crippen LogP contribution >= 0.6 is 0 Å². The third kappa shape index (κ3) is 4.06. The fourth-order valence-corrected chi connectivity index (χ4v) is 2.58. The van der Waals surface area contributed by atoms with Gasteiger partial charge in [-0.25, -0.2) is 9.78 Å². The number of carbonyl (C=O) groups is 2. The summed E-state index contributed by atoms with van der Waals surface area (Å²) in [6.07, 6.45) is 2.94. The summed E-state index contributed by atoms with van der Waals surface area (Å²) in [6, 6.07) is 9.53. The minimum atomic E-state index is -0.379. The highest BCUT2D eigenvalue weighted by atomic mass is 16.6. The van der Waals surface area contributed by atoms with Gasteiger partial charge in [0.25, 0.3) is 5.91 Å². The van der Waals surface area contributed by atoms with E-state index in [1.165, 1.54) is 0 Å². The van der Waals surface area contributed by atoms with Gasteiger partial charge < -0.3 is 14.6 Å². The Hall–Kier alpha value is -3.09. The highest BCUT2D eigenvalue weighted by Crippen LogP contribution is 2.14. The molecule has 0 aliphatic carbocycles. The molecule has 0 radical (unpaired) electrons. The van der Waals surface area contributed by atoms with E-state index < -0.39 is 0 Å². The van der Waals surface area contributed by atoms with Gasteiger partial charge >= 0.3 is 6.09 Å². The summed E-state index contributed by atoms with van der Waals surface area (Å²) in [5, 5.41) is 2.69. The van der Waals surface area contributed by atoms with Gasteiger partial charge in [0.2, 0.25) is 0 Å². The molecular weight excluding hydrogens is 320 g/mol. The van der Waals surface area contributed by atoms with Crippen molar-refractivity contribution in [2.24, 2.45) is 0 Å². The molecule has 3 rings (SSSR count). The van der Waals surface area contributed by atoms with Crippen molar-refractivity contribution >= 4 is 12.0 Å². The maximum absolute atomic E-state index is 12.2. The van der Waals surface area contributed by atoms with E-state index in [0.29, 0.717) is 37.7 Å². The third-order valence-electron chi connectivity index (χ3n) is 3.91. The molecule has 1 N–H and O–H groups in total. The number of benzene rings is 1. The quantitative estimate of drug-likeness (QED) is 0.844. The zero-order chi connectivity index (χ0) is 17.6. The second kappa shape index (κ2) is 7.65. The summed E-state index contributed by atoms with van der Waals surface area (Å²) in [4.78, 5) is 30.1. The average molecular weight is 340 g/mol. The standard InChI is InChI=1S/C18H20N4O3/c1-2-8-19-17(23)15-11-21-9-10-22(12-16(21)20-15)18(24)25-13-14-6-4-3-5-7-14/h2-7,11H,1,8-10,12-13H2,(H,19,23). The number of rotatable bonds is 5. The molecule has 1 aliphatic rings. The highest BCUT2D eigenvalue weighted by Gasteiger charge is 2.24. The fourth-order valence-electron chi connectivity index (χ4n) is 2.58. The summed E-state index contributed by atoms with van der Waals surface area (Å²) in [5.41, 5.74) is 1.28. The lowest BCUT2D eigenvalue weighted by Crippen LogP contribution is -2.38. The minimum absolute atomic E-state index is 0.236. The van der Waals surface area contributed by atoms with Gasteiger partial charge in [0.15, 0.2) is 0 Å². The molecule has 0 atom stereocenters. The van der Waals surface area contributed by atoms with Crippen molar-refractivity contribution in [3.8, 4) is 0 Å². The van der Waals surface area contributed by atoms with E-state index in [9.17, 15) is 9.59 Å². The largest absolute Gasteiger partial charge is 0.445 e. The first-order valence-corrected chi connectivity index (χ1v) is 8.08. The number of fused-ring (bicyclic) bond motifs is 1. The first kappa shape index (κ1) is 16.8. The fraction of sp³-hybridized carbons (Fsp3) is 0.278. The van der Waals surface area contributed by atoms with Crippen LogP contribution in [0.15, 0.2) is 49.2 Å². The van der Waals surface area contributed by atoms with E-state index in [0.717, 1.165) is 5.56 Å². The van der Waals surface area contributed by atoms with E-state index in [4.69, 9.17) is 4.74 Å². The van der Waals surface area contributed by atoms with Crippen molar-refractivity contribution in [2.45, 2.75) is 19.7 Å². The van der Waals surface area contributed by atoms with Crippen LogP contribution < -0.4 is 5.32 Å². The van der Waals surface area contributed by atoms with Gasteiger partial charge in [-0.3, -0.25) is 9.69 Å². The number of aromatic nitrogens is 2. The lowest BCUT2D eigenvalue weighted by Gasteiger charge is -2.26. The Morgan fingerprint density at radius 2 is 2.08 bits per heavy atom. The SMILES string of the molecule is C=CCNC(=O)c1cn2c(n1)CN(C(=O)OCc1ccccc1)CC2. The van der Waals surface area contributed by atoms with Gasteiger partial charge in [0.05, 0.1) is 6.54 Å². The Morgan fingerprint density at radius 3 is 2.84 bits per heavy atom. The second-order valence-electron chi connectivity index (χ2n) is 5.70. The zero-order valence-corrected chi connectivity index (χ0v) is 13.9. The molecule has 1 aromatic heterocycles. The molecule has 25 heavy (non-hydrogen) atoms. The Bertz CT molecular complexity index is 770. The minimum Gasteiger partial charge on any atom is -0.445 e. The molecule has 0 spiro atoms. The highest BCUT2D eigenvalue weighted by molar-refractivity contribution is 5.92. The van der Waals surface area contributed by atoms with Gasteiger partial charge in [0, 0.05) is 25.8 Å². The molecular formula is C18H20N4O3. The topological polar surface area (TPSA) is 76.5 Å². The van der Waals surface area contributed by atoms with Crippen LogP contribution in [0, 0.1) is 0 Å². The Balaban J connectivity index is 1.58. The number of carbonyl (C=O) groups excluding carboxylic acids is 2. The third-order valence-corrected chi connectivity index (χ3v) is 3.91. The lowest BCUT2D eigenvalue weighted by molar-refractivity contribution is 0.0861. The number of nitrogens with zero attached hydrogens (tertiary/aromatic N) is 3. The summed E-state index contributed by atoms with van der Waals surface area (Å²) in [5.74, 6) is 0.423. The number of imidazole rings is 1. The van der Waals surface area contributed by atoms with Crippen LogP contribution in [0.2, 0.25) is 0 Å². The Morgan fingerprint density at radius 1 is 1.28 bits per heavy atom. The molecule has 2 amide bonds. The average Bonchev–Trinajstić information content (AvgIpc) is 3.08. The maximum Gasteiger partial charge on any atom is 0.410 e. The van der Waals surface area contributed by atoms with Crippen LogP contribution in [0.1, 0.15) is 21.9 Å². The van der Waals surface area contributed by atoms with Gasteiger partial charge in [0.1, 0.15) is 18.1 Å². The van der Waals surface area contributed by atoms with Crippen LogP contribution in [0.4, 0.5) is 4.79 Å². The molecule has 2 heterocycles. The Labute approximate surface area is 145 Å². The predicted molar refractivity (Wildman–Crippen MR) is 91.8 cm³/mol. The molecule has 0 saturated heterocycles. The van der Waals surface area contributed by atoms with Crippen molar-refractivity contribution in [1.29, 1.82) is 0 Å². The first-order valence-electron chi connectivity index (χ1n) is 8.08. The number of hydrogen-bond acceptors (Lipinski definition) is 4. The molecule has 2 aromatic rings. The van der Waals surface area contributed by atoms with Crippen LogP contribution in [0.3, 0.4) is 0 Å². The van der Waals surface area contributed by atoms with E-state index in [-0.39, 0.29) is 18.6 Å². The summed E-state index contributed by atoms with van der Waals surface area (Å²) < 4.78 is 7.24. The summed E-state index contributed by atoms with van der Waals surface area (Å²) in [7, 11) is 0. The van der Waals surface area contributed by atoms with E-state index >= 15 is 0 Å². The van der Waals surface area contributed by atoms with Crippen LogP contribution in [-0.2, 0) is 24.4 Å². The van der Waals surface area contributed by atoms with Crippen LogP contribution in [0.5, 0.6) is 0 Å². The van der Waals surface area contributed by atoms with Gasteiger partial charge in [-0.05, 0) is 5.56 Å². The van der Waals surface area contributed by atoms with Crippen molar-refractivity contribution in [1.82, 2.24) is 19.8 Å². The molecule has 0 saturated carbocycles. The summed E-state index contributed by atoms with van der Waals surface area (Å²) >= 11 is 0. The molecule has 0 fully saturated rings. The zero-order valence-electron chi connectivity index (χ0n) is 13.9. The number of amides is 2. The number of ether oxygens (including phenoxy) is 1. The Kier molecular flexibility index (Phi) is 5.13. The lowest BCUT2D eigenvalue weighted by atomic mass is 10.2. The monoisotopic (exact) mass is 340 g/mol. The van der Waals surface area contributed by atoms with Crippen molar-refractivity contribution in [2.75, 3.05) is 13.1 Å². The molecule has 7 heteroatoms. The van der Waals surface area contributed by atoms with E-state index in [1.807, 2.05) is 34.9 Å². The van der Waals surface area contributed by atoms with Gasteiger partial charge in [-0.1, -0.05) is 36.4 Å². The predicted octanol–water partition coefficient (Wildman–Crippen LogP) is 1.95.